The van der Waals surface area contributed by atoms with Crippen molar-refractivity contribution in [2.24, 2.45) is 5.92 Å². The lowest BCUT2D eigenvalue weighted by Gasteiger charge is -2.29. The van der Waals surface area contributed by atoms with E-state index >= 15 is 0 Å². The number of aromatic carboxylic acids is 1. The minimum Gasteiger partial charge on any atom is -0.478 e. The van der Waals surface area contributed by atoms with Crippen LogP contribution in [0.1, 0.15) is 22.3 Å². The van der Waals surface area contributed by atoms with Crippen LogP contribution in [0.3, 0.4) is 0 Å². The van der Waals surface area contributed by atoms with E-state index in [0.29, 0.717) is 23.3 Å². The summed E-state index contributed by atoms with van der Waals surface area (Å²) in [6.45, 7) is 0. The van der Waals surface area contributed by atoms with Crippen molar-refractivity contribution in [2.75, 3.05) is 0 Å². The molecule has 2 heterocycles. The Kier molecular flexibility index (Phi) is 4.26. The number of nitriles is 1. The molecule has 2 aromatic carbocycles. The van der Waals surface area contributed by atoms with Gasteiger partial charge in [0.05, 0.1) is 23.5 Å². The van der Waals surface area contributed by atoms with E-state index in [0.717, 1.165) is 27.1 Å². The van der Waals surface area contributed by atoms with Gasteiger partial charge in [-0.3, -0.25) is 9.89 Å². The summed E-state index contributed by atoms with van der Waals surface area (Å²) in [6.07, 6.45) is 6.19. The molecular formula is C24H16N4O3. The molecule has 1 aromatic heterocycles. The number of carboxylic acids is 1. The van der Waals surface area contributed by atoms with Gasteiger partial charge in [0.1, 0.15) is 0 Å². The van der Waals surface area contributed by atoms with Crippen molar-refractivity contribution in [2.45, 2.75) is 6.42 Å². The molecule has 0 saturated carbocycles. The minimum absolute atomic E-state index is 0.151. The maximum absolute atomic E-state index is 12.9. The van der Waals surface area contributed by atoms with Crippen LogP contribution in [-0.2, 0) is 4.79 Å². The first-order chi connectivity index (χ1) is 15.1. The third-order valence-electron chi connectivity index (χ3n) is 5.69. The number of carboxylic acid groups (broad SMARTS) is 1. The zero-order valence-corrected chi connectivity index (χ0v) is 16.2. The zero-order valence-electron chi connectivity index (χ0n) is 16.2. The highest BCUT2D eigenvalue weighted by Crippen LogP contribution is 2.36. The van der Waals surface area contributed by atoms with Crippen LogP contribution in [0.5, 0.6) is 0 Å². The number of carbonyl (C=O) groups excluding carboxylic acids is 1. The molecule has 2 aliphatic rings. The van der Waals surface area contributed by atoms with E-state index in [-0.39, 0.29) is 11.5 Å². The summed E-state index contributed by atoms with van der Waals surface area (Å²) < 4.78 is 0. The Bertz CT molecular complexity index is 1430. The van der Waals surface area contributed by atoms with E-state index in [4.69, 9.17) is 0 Å². The van der Waals surface area contributed by atoms with Gasteiger partial charge in [-0.05, 0) is 46.0 Å². The number of benzene rings is 2. The van der Waals surface area contributed by atoms with Gasteiger partial charge in [-0.2, -0.15) is 10.4 Å². The Labute approximate surface area is 176 Å². The van der Waals surface area contributed by atoms with Gasteiger partial charge >= 0.3 is 5.97 Å². The molecule has 1 aliphatic carbocycles. The lowest BCUT2D eigenvalue weighted by Crippen LogP contribution is -2.43. The van der Waals surface area contributed by atoms with Crippen molar-refractivity contribution < 1.29 is 14.7 Å². The van der Waals surface area contributed by atoms with Gasteiger partial charge in [0.25, 0.3) is 0 Å². The SMILES string of the molecule is N#CC1C(=O)NC2=c3cccc(-c4cn[nH]c4)c3=CCC2=C1c1ccc(C(=O)O)cc1. The van der Waals surface area contributed by atoms with Crippen molar-refractivity contribution in [3.63, 3.8) is 0 Å². The van der Waals surface area contributed by atoms with Gasteiger partial charge in [-0.25, -0.2) is 4.79 Å². The molecular weight excluding hydrogens is 392 g/mol. The number of fused-ring (bicyclic) bond motifs is 2. The molecule has 1 unspecified atom stereocenters. The van der Waals surface area contributed by atoms with Crippen molar-refractivity contribution in [3.05, 3.63) is 82.0 Å². The average Bonchev–Trinajstić information content (AvgIpc) is 3.32. The zero-order chi connectivity index (χ0) is 21.5. The second kappa shape index (κ2) is 7.11. The summed E-state index contributed by atoms with van der Waals surface area (Å²) in [5, 5.41) is 30.6. The second-order valence-corrected chi connectivity index (χ2v) is 7.36. The molecule has 0 fully saturated rings. The maximum atomic E-state index is 12.9. The summed E-state index contributed by atoms with van der Waals surface area (Å²) in [6, 6.07) is 14.3. The van der Waals surface area contributed by atoms with Crippen molar-refractivity contribution >= 4 is 29.2 Å². The minimum atomic E-state index is -1.03. The molecule has 1 amide bonds. The molecule has 0 bridgehead atoms. The molecule has 150 valence electrons. The van der Waals surface area contributed by atoms with Gasteiger partial charge in [0.2, 0.25) is 5.91 Å². The quantitative estimate of drug-likeness (QED) is 0.611. The van der Waals surface area contributed by atoms with Gasteiger partial charge in [-0.15, -0.1) is 0 Å². The molecule has 0 spiro atoms. The van der Waals surface area contributed by atoms with E-state index in [1.807, 2.05) is 24.4 Å². The predicted octanol–water partition coefficient (Wildman–Crippen LogP) is 1.79. The van der Waals surface area contributed by atoms with Crippen LogP contribution in [0, 0.1) is 17.2 Å². The third-order valence-corrected chi connectivity index (χ3v) is 5.69. The van der Waals surface area contributed by atoms with E-state index in [2.05, 4.69) is 27.7 Å². The topological polar surface area (TPSA) is 119 Å². The van der Waals surface area contributed by atoms with Crippen LogP contribution < -0.4 is 15.8 Å². The van der Waals surface area contributed by atoms with Crippen LogP contribution in [0.4, 0.5) is 0 Å². The predicted molar refractivity (Wildman–Crippen MR) is 113 cm³/mol. The first-order valence-corrected chi connectivity index (χ1v) is 9.69. The van der Waals surface area contributed by atoms with E-state index in [1.165, 1.54) is 12.1 Å². The highest BCUT2D eigenvalue weighted by Gasteiger charge is 2.34. The third kappa shape index (κ3) is 2.93. The number of H-pyrrole nitrogens is 1. The number of rotatable bonds is 3. The monoisotopic (exact) mass is 408 g/mol. The fourth-order valence-electron chi connectivity index (χ4n) is 4.27. The molecule has 3 N–H and O–H groups in total. The maximum Gasteiger partial charge on any atom is 0.335 e. The van der Waals surface area contributed by atoms with Crippen molar-refractivity contribution in [3.8, 4) is 17.2 Å². The summed E-state index contributed by atoms with van der Waals surface area (Å²) in [4.78, 5) is 24.1. The number of aromatic nitrogens is 2. The number of aromatic amines is 1. The van der Waals surface area contributed by atoms with Crippen LogP contribution in [-0.4, -0.2) is 27.2 Å². The fourth-order valence-corrected chi connectivity index (χ4v) is 4.27. The summed E-state index contributed by atoms with van der Waals surface area (Å²) >= 11 is 0. The summed E-state index contributed by atoms with van der Waals surface area (Å²) in [5.74, 6) is -2.39. The molecule has 0 radical (unpaired) electrons. The lowest BCUT2D eigenvalue weighted by molar-refractivity contribution is -0.121. The first-order valence-electron chi connectivity index (χ1n) is 9.69. The van der Waals surface area contributed by atoms with E-state index in [1.54, 1.807) is 18.3 Å². The molecule has 7 nitrogen and oxygen atoms in total. The standard InChI is InChI=1S/C24H16N4O3/c25-10-20-21(13-4-6-14(7-5-13)24(30)31)19-9-8-17-16(15-11-26-27-12-15)2-1-3-18(17)22(19)28-23(20)29/h1-8,11-12,20H,9H2,(H,26,27)(H,28,29)(H,30,31). The highest BCUT2D eigenvalue weighted by molar-refractivity contribution is 6.07. The van der Waals surface area contributed by atoms with Crippen molar-refractivity contribution in [1.82, 2.24) is 15.5 Å². The van der Waals surface area contributed by atoms with Gasteiger partial charge in [0.15, 0.2) is 5.92 Å². The summed E-state index contributed by atoms with van der Waals surface area (Å²) in [5.41, 5.74) is 4.94. The number of nitrogens with zero attached hydrogens (tertiary/aromatic N) is 2. The summed E-state index contributed by atoms with van der Waals surface area (Å²) in [7, 11) is 0. The molecule has 5 rings (SSSR count). The molecule has 1 atom stereocenters. The Morgan fingerprint density at radius 3 is 2.65 bits per heavy atom. The smallest absolute Gasteiger partial charge is 0.335 e. The van der Waals surface area contributed by atoms with Gasteiger partial charge < -0.3 is 10.4 Å². The molecule has 3 aromatic rings. The number of nitrogens with one attached hydrogen (secondary N) is 2. The van der Waals surface area contributed by atoms with E-state index < -0.39 is 11.9 Å². The Morgan fingerprint density at radius 1 is 1.16 bits per heavy atom. The number of hydrogen-bond donors (Lipinski definition) is 3. The molecule has 7 heteroatoms. The Morgan fingerprint density at radius 2 is 1.97 bits per heavy atom. The van der Waals surface area contributed by atoms with E-state index in [9.17, 15) is 20.0 Å². The highest BCUT2D eigenvalue weighted by atomic mass is 16.4. The largest absolute Gasteiger partial charge is 0.478 e. The number of hydrogen-bond acceptors (Lipinski definition) is 4. The fraction of sp³-hybridized carbons (Fsp3) is 0.0833. The second-order valence-electron chi connectivity index (χ2n) is 7.36. The average molecular weight is 408 g/mol. The molecule has 1 aliphatic heterocycles. The molecule has 31 heavy (non-hydrogen) atoms. The Hall–Kier alpha value is -4.44. The van der Waals surface area contributed by atoms with Crippen LogP contribution in [0.25, 0.3) is 28.5 Å². The molecule has 0 saturated heterocycles. The first kappa shape index (κ1) is 18.6. The Balaban J connectivity index is 1.78. The lowest BCUT2D eigenvalue weighted by atomic mass is 9.80. The van der Waals surface area contributed by atoms with Crippen LogP contribution >= 0.6 is 0 Å². The van der Waals surface area contributed by atoms with Crippen LogP contribution in [0.2, 0.25) is 0 Å². The van der Waals surface area contributed by atoms with Crippen molar-refractivity contribution in [1.29, 1.82) is 5.26 Å². The number of amides is 1. The van der Waals surface area contributed by atoms with Gasteiger partial charge in [-0.1, -0.05) is 36.4 Å². The van der Waals surface area contributed by atoms with Crippen LogP contribution in [0.15, 0.2) is 60.4 Å². The number of carbonyl (C=O) groups is 2. The normalized spacial score (nSPS) is 17.2. The van der Waals surface area contributed by atoms with Gasteiger partial charge in [0, 0.05) is 17.0 Å².